The van der Waals surface area contributed by atoms with Gasteiger partial charge >= 0.3 is 5.97 Å². The average molecular weight is 301 g/mol. The Kier molecular flexibility index (Phi) is 4.20. The molecule has 22 heavy (non-hydrogen) atoms. The minimum Gasteiger partial charge on any atom is -0.464 e. The number of hydrogen-bond acceptors (Lipinski definition) is 6. The van der Waals surface area contributed by atoms with Crippen molar-refractivity contribution in [3.05, 3.63) is 36.2 Å². The predicted molar refractivity (Wildman–Crippen MR) is 80.0 cm³/mol. The van der Waals surface area contributed by atoms with E-state index < -0.39 is 5.54 Å². The highest BCUT2D eigenvalue weighted by molar-refractivity contribution is 5.82. The maximum atomic E-state index is 11.6. The first-order chi connectivity index (χ1) is 10.7. The Hall–Kier alpha value is -2.21. The lowest BCUT2D eigenvalue weighted by Crippen LogP contribution is -2.46. The summed E-state index contributed by atoms with van der Waals surface area (Å²) in [6, 6.07) is 9.73. The molecule has 1 aromatic carbocycles. The largest absolute Gasteiger partial charge is 0.464 e. The molecular formula is C16H19N3O3. The lowest BCUT2D eigenvalue weighted by atomic mass is 10.0. The molecule has 0 bridgehead atoms. The number of cyclic esters (lactones) is 1. The van der Waals surface area contributed by atoms with E-state index in [-0.39, 0.29) is 5.97 Å². The van der Waals surface area contributed by atoms with Crippen molar-refractivity contribution in [1.82, 2.24) is 15.5 Å². The van der Waals surface area contributed by atoms with Gasteiger partial charge in [0.05, 0.1) is 6.61 Å². The van der Waals surface area contributed by atoms with E-state index in [1.54, 1.807) is 0 Å². The van der Waals surface area contributed by atoms with Crippen LogP contribution < -0.4 is 5.32 Å². The molecule has 0 aliphatic carbocycles. The molecule has 0 amide bonds. The molecule has 116 valence electrons. The van der Waals surface area contributed by atoms with Crippen molar-refractivity contribution >= 4 is 5.97 Å². The Morgan fingerprint density at radius 1 is 1.32 bits per heavy atom. The molecule has 2 aromatic rings. The predicted octanol–water partition coefficient (Wildman–Crippen LogP) is 1.96. The zero-order valence-electron chi connectivity index (χ0n) is 12.5. The van der Waals surface area contributed by atoms with Crippen molar-refractivity contribution in [2.75, 3.05) is 13.2 Å². The van der Waals surface area contributed by atoms with Crippen LogP contribution >= 0.6 is 0 Å². The van der Waals surface area contributed by atoms with Gasteiger partial charge < -0.3 is 14.6 Å². The Balaban J connectivity index is 1.49. The minimum atomic E-state index is -0.552. The smallest absolute Gasteiger partial charge is 0.326 e. The summed E-state index contributed by atoms with van der Waals surface area (Å²) >= 11 is 0. The molecule has 1 saturated heterocycles. The van der Waals surface area contributed by atoms with E-state index >= 15 is 0 Å². The van der Waals surface area contributed by atoms with Crippen LogP contribution in [-0.4, -0.2) is 34.8 Å². The molecular weight excluding hydrogens is 282 g/mol. The molecule has 1 aliphatic heterocycles. The number of rotatable bonds is 6. The molecule has 2 heterocycles. The number of benzene rings is 1. The van der Waals surface area contributed by atoms with Crippen LogP contribution in [0.2, 0.25) is 0 Å². The van der Waals surface area contributed by atoms with Crippen LogP contribution in [0, 0.1) is 0 Å². The third-order valence-corrected chi connectivity index (χ3v) is 3.87. The summed E-state index contributed by atoms with van der Waals surface area (Å²) < 4.78 is 10.3. The topological polar surface area (TPSA) is 77.2 Å². The Labute approximate surface area is 128 Å². The normalized spacial score (nSPS) is 21.0. The van der Waals surface area contributed by atoms with Crippen LogP contribution in [0.4, 0.5) is 0 Å². The molecule has 1 atom stereocenters. The van der Waals surface area contributed by atoms with Crippen LogP contribution in [0.3, 0.4) is 0 Å². The monoisotopic (exact) mass is 301 g/mol. The summed E-state index contributed by atoms with van der Waals surface area (Å²) in [5.41, 5.74) is 0.390. The summed E-state index contributed by atoms with van der Waals surface area (Å²) in [6.07, 6.45) is 2.21. The van der Waals surface area contributed by atoms with Crippen LogP contribution in [0.15, 0.2) is 34.9 Å². The quantitative estimate of drug-likeness (QED) is 0.649. The fourth-order valence-corrected chi connectivity index (χ4v) is 2.43. The van der Waals surface area contributed by atoms with Crippen molar-refractivity contribution in [2.45, 2.75) is 31.7 Å². The zero-order chi connectivity index (χ0) is 15.4. The van der Waals surface area contributed by atoms with Gasteiger partial charge in [0.1, 0.15) is 5.54 Å². The van der Waals surface area contributed by atoms with Gasteiger partial charge in [0, 0.05) is 18.4 Å². The van der Waals surface area contributed by atoms with E-state index in [1.807, 2.05) is 37.3 Å². The fraction of sp³-hybridized carbons (Fsp3) is 0.438. The van der Waals surface area contributed by atoms with Crippen LogP contribution in [0.5, 0.6) is 0 Å². The number of hydrogen-bond donors (Lipinski definition) is 1. The van der Waals surface area contributed by atoms with Crippen LogP contribution in [0.1, 0.15) is 25.7 Å². The molecule has 0 spiro atoms. The van der Waals surface area contributed by atoms with E-state index in [4.69, 9.17) is 9.26 Å². The van der Waals surface area contributed by atoms with E-state index in [0.29, 0.717) is 37.7 Å². The number of carbonyl (C=O) groups is 1. The summed E-state index contributed by atoms with van der Waals surface area (Å²) in [5, 5.41) is 7.24. The van der Waals surface area contributed by atoms with Gasteiger partial charge in [-0.3, -0.25) is 4.79 Å². The average Bonchev–Trinajstić information content (AvgIpc) is 3.13. The SMILES string of the molecule is CC1(NCCCc2nc(-c3ccccc3)no2)CCOC1=O. The second-order valence-corrected chi connectivity index (χ2v) is 5.63. The highest BCUT2D eigenvalue weighted by Crippen LogP contribution is 2.19. The molecule has 0 radical (unpaired) electrons. The van der Waals surface area contributed by atoms with Gasteiger partial charge in [-0.1, -0.05) is 35.5 Å². The summed E-state index contributed by atoms with van der Waals surface area (Å²) in [7, 11) is 0. The maximum absolute atomic E-state index is 11.6. The molecule has 0 saturated carbocycles. The van der Waals surface area contributed by atoms with Crippen molar-refractivity contribution in [3.8, 4) is 11.4 Å². The van der Waals surface area contributed by atoms with E-state index in [0.717, 1.165) is 12.0 Å². The lowest BCUT2D eigenvalue weighted by molar-refractivity contribution is -0.142. The molecule has 1 unspecified atom stereocenters. The van der Waals surface area contributed by atoms with Gasteiger partial charge in [0.2, 0.25) is 11.7 Å². The summed E-state index contributed by atoms with van der Waals surface area (Å²) in [5.74, 6) is 1.05. The molecule has 3 rings (SSSR count). The second kappa shape index (κ2) is 6.27. The van der Waals surface area contributed by atoms with E-state index in [2.05, 4.69) is 15.5 Å². The number of nitrogens with zero attached hydrogens (tertiary/aromatic N) is 2. The molecule has 1 N–H and O–H groups in total. The van der Waals surface area contributed by atoms with Gasteiger partial charge in [-0.2, -0.15) is 4.98 Å². The Bertz CT molecular complexity index is 641. The molecule has 6 nitrogen and oxygen atoms in total. The first-order valence-electron chi connectivity index (χ1n) is 7.48. The molecule has 1 fully saturated rings. The zero-order valence-corrected chi connectivity index (χ0v) is 12.5. The molecule has 1 aromatic heterocycles. The third kappa shape index (κ3) is 3.17. The van der Waals surface area contributed by atoms with Crippen LogP contribution in [-0.2, 0) is 16.0 Å². The number of carbonyl (C=O) groups excluding carboxylic acids is 1. The number of aryl methyl sites for hydroxylation is 1. The van der Waals surface area contributed by atoms with Gasteiger partial charge in [-0.05, 0) is 19.9 Å². The molecule has 1 aliphatic rings. The Morgan fingerprint density at radius 2 is 2.14 bits per heavy atom. The minimum absolute atomic E-state index is 0.170. The molecule has 6 heteroatoms. The third-order valence-electron chi connectivity index (χ3n) is 3.87. The first-order valence-corrected chi connectivity index (χ1v) is 7.48. The van der Waals surface area contributed by atoms with Gasteiger partial charge in [0.15, 0.2) is 0 Å². The van der Waals surface area contributed by atoms with E-state index in [9.17, 15) is 4.79 Å². The maximum Gasteiger partial charge on any atom is 0.326 e. The second-order valence-electron chi connectivity index (χ2n) is 5.63. The summed E-state index contributed by atoms with van der Waals surface area (Å²) in [6.45, 7) is 3.07. The van der Waals surface area contributed by atoms with Gasteiger partial charge in [-0.15, -0.1) is 0 Å². The fourth-order valence-electron chi connectivity index (χ4n) is 2.43. The number of ether oxygens (including phenoxy) is 1. The highest BCUT2D eigenvalue weighted by Gasteiger charge is 2.39. The number of aromatic nitrogens is 2. The summed E-state index contributed by atoms with van der Waals surface area (Å²) in [4.78, 5) is 16.0. The van der Waals surface area contributed by atoms with E-state index in [1.165, 1.54) is 0 Å². The van der Waals surface area contributed by atoms with Crippen molar-refractivity contribution in [3.63, 3.8) is 0 Å². The van der Waals surface area contributed by atoms with Crippen molar-refractivity contribution in [1.29, 1.82) is 0 Å². The number of esters is 1. The van der Waals surface area contributed by atoms with Crippen molar-refractivity contribution in [2.24, 2.45) is 0 Å². The van der Waals surface area contributed by atoms with Crippen LogP contribution in [0.25, 0.3) is 11.4 Å². The lowest BCUT2D eigenvalue weighted by Gasteiger charge is -2.20. The van der Waals surface area contributed by atoms with Crippen molar-refractivity contribution < 1.29 is 14.1 Å². The van der Waals surface area contributed by atoms with Gasteiger partial charge in [0.25, 0.3) is 0 Å². The highest BCUT2D eigenvalue weighted by atomic mass is 16.5. The Morgan fingerprint density at radius 3 is 2.86 bits per heavy atom. The van der Waals surface area contributed by atoms with Gasteiger partial charge in [-0.25, -0.2) is 0 Å². The standard InChI is InChI=1S/C16H19N3O3/c1-16(9-11-21-15(16)20)17-10-5-8-13-18-14(19-22-13)12-6-3-2-4-7-12/h2-4,6-7,17H,5,8-11H2,1H3. The number of nitrogens with one attached hydrogen (secondary N) is 1. The first kappa shape index (κ1) is 14.7.